The lowest BCUT2D eigenvalue weighted by Gasteiger charge is -2.37. The van der Waals surface area contributed by atoms with Gasteiger partial charge < -0.3 is 30.3 Å². The van der Waals surface area contributed by atoms with Gasteiger partial charge in [-0.3, -0.25) is 4.79 Å². The Bertz CT molecular complexity index is 654. The SMILES string of the molecule is O=C(O)C(O)C(O)C(=O)O.O=c1cccc2n1CC1CNCC2C1. The summed E-state index contributed by atoms with van der Waals surface area (Å²) in [6.45, 7) is 3.00. The summed E-state index contributed by atoms with van der Waals surface area (Å²) < 4.78 is 1.96. The molecule has 0 aromatic carbocycles. The number of fused-ring (bicyclic) bond motifs is 4. The molecule has 5 N–H and O–H groups in total. The molecule has 0 aliphatic carbocycles. The summed E-state index contributed by atoms with van der Waals surface area (Å²) in [6, 6.07) is 5.64. The number of piperidine rings is 1. The van der Waals surface area contributed by atoms with E-state index < -0.39 is 24.1 Å². The number of pyridine rings is 1. The number of aliphatic hydroxyl groups is 2. The molecule has 1 aromatic heterocycles. The maximum absolute atomic E-state index is 11.6. The van der Waals surface area contributed by atoms with Crippen LogP contribution in [0.25, 0.3) is 0 Å². The van der Waals surface area contributed by atoms with E-state index in [1.54, 1.807) is 6.07 Å². The zero-order valence-corrected chi connectivity index (χ0v) is 12.8. The van der Waals surface area contributed by atoms with E-state index in [4.69, 9.17) is 20.4 Å². The van der Waals surface area contributed by atoms with E-state index in [1.807, 2.05) is 10.6 Å². The van der Waals surface area contributed by atoms with Crippen LogP contribution in [-0.2, 0) is 16.1 Å². The van der Waals surface area contributed by atoms with E-state index >= 15 is 0 Å². The molecule has 4 unspecified atom stereocenters. The molecule has 24 heavy (non-hydrogen) atoms. The lowest BCUT2D eigenvalue weighted by molar-refractivity contribution is -0.165. The molecule has 2 aliphatic heterocycles. The van der Waals surface area contributed by atoms with Gasteiger partial charge in [0, 0.05) is 30.8 Å². The van der Waals surface area contributed by atoms with Gasteiger partial charge in [0.25, 0.3) is 5.56 Å². The predicted molar refractivity (Wildman–Crippen MR) is 81.7 cm³/mol. The Balaban J connectivity index is 0.000000187. The van der Waals surface area contributed by atoms with Crippen molar-refractivity contribution in [2.24, 2.45) is 5.92 Å². The largest absolute Gasteiger partial charge is 0.479 e. The summed E-state index contributed by atoms with van der Waals surface area (Å²) in [6.07, 6.45) is -3.29. The van der Waals surface area contributed by atoms with Crippen molar-refractivity contribution in [3.8, 4) is 0 Å². The molecule has 1 saturated heterocycles. The van der Waals surface area contributed by atoms with Gasteiger partial charge in [0.1, 0.15) is 0 Å². The lowest BCUT2D eigenvalue weighted by atomic mass is 9.84. The molecular weight excluding hydrogens is 320 g/mol. The molecule has 4 atom stereocenters. The van der Waals surface area contributed by atoms with Gasteiger partial charge in [-0.15, -0.1) is 0 Å². The van der Waals surface area contributed by atoms with Crippen molar-refractivity contribution < 1.29 is 30.0 Å². The summed E-state index contributed by atoms with van der Waals surface area (Å²) in [5, 5.41) is 36.0. The van der Waals surface area contributed by atoms with Crippen LogP contribution in [0.2, 0.25) is 0 Å². The Morgan fingerprint density at radius 3 is 2.33 bits per heavy atom. The van der Waals surface area contributed by atoms with Crippen molar-refractivity contribution in [1.82, 2.24) is 9.88 Å². The first-order valence-electron chi connectivity index (χ1n) is 7.53. The number of nitrogens with zero attached hydrogens (tertiary/aromatic N) is 1. The van der Waals surface area contributed by atoms with Gasteiger partial charge in [-0.25, -0.2) is 9.59 Å². The second kappa shape index (κ2) is 7.56. The number of rotatable bonds is 3. The predicted octanol–water partition coefficient (Wildman–Crippen LogP) is -1.57. The first-order chi connectivity index (χ1) is 11.3. The van der Waals surface area contributed by atoms with Crippen LogP contribution >= 0.6 is 0 Å². The number of aliphatic carboxylic acids is 2. The fourth-order valence-electron chi connectivity index (χ4n) is 3.01. The van der Waals surface area contributed by atoms with E-state index in [0.717, 1.165) is 19.6 Å². The molecule has 0 saturated carbocycles. The molecule has 3 rings (SSSR count). The third kappa shape index (κ3) is 3.99. The maximum Gasteiger partial charge on any atom is 0.335 e. The number of carboxylic acids is 2. The minimum Gasteiger partial charge on any atom is -0.479 e. The second-order valence-corrected chi connectivity index (χ2v) is 5.92. The molecule has 0 radical (unpaired) electrons. The summed E-state index contributed by atoms with van der Waals surface area (Å²) >= 11 is 0. The standard InChI is InChI=1S/C11H14N2O.C4H6O6/c14-11-3-1-2-10-9-4-8(5-12-6-9)7-13(10)11;5-1(3(7)8)2(6)4(9)10/h1-3,8-9,12H,4-7H2;1-2,5-6H,(H,7,8)(H,9,10). The molecule has 0 spiro atoms. The van der Waals surface area contributed by atoms with Gasteiger partial charge in [-0.05, 0) is 24.9 Å². The smallest absolute Gasteiger partial charge is 0.335 e. The fourth-order valence-corrected chi connectivity index (χ4v) is 3.01. The monoisotopic (exact) mass is 340 g/mol. The fraction of sp³-hybridized carbons (Fsp3) is 0.533. The zero-order chi connectivity index (χ0) is 17.9. The van der Waals surface area contributed by atoms with Gasteiger partial charge in [0.15, 0.2) is 12.2 Å². The van der Waals surface area contributed by atoms with E-state index in [2.05, 4.69) is 11.4 Å². The third-order valence-electron chi connectivity index (χ3n) is 4.19. The van der Waals surface area contributed by atoms with Gasteiger partial charge in [-0.2, -0.15) is 0 Å². The topological polar surface area (TPSA) is 149 Å². The Kier molecular flexibility index (Phi) is 5.71. The molecule has 9 heteroatoms. The highest BCUT2D eigenvalue weighted by atomic mass is 16.4. The van der Waals surface area contributed by atoms with Crippen molar-refractivity contribution in [3.05, 3.63) is 34.2 Å². The van der Waals surface area contributed by atoms with Crippen LogP contribution in [-0.4, -0.2) is 62.2 Å². The molecule has 132 valence electrons. The minimum absolute atomic E-state index is 0.166. The molecule has 1 fully saturated rings. The number of aromatic nitrogens is 1. The van der Waals surface area contributed by atoms with Gasteiger partial charge in [-0.1, -0.05) is 6.07 Å². The summed E-state index contributed by atoms with van der Waals surface area (Å²) in [5.41, 5.74) is 1.39. The van der Waals surface area contributed by atoms with E-state index in [1.165, 1.54) is 12.1 Å². The average Bonchev–Trinajstić information content (AvgIpc) is 2.55. The first kappa shape index (κ1) is 18.1. The van der Waals surface area contributed by atoms with Crippen LogP contribution in [0, 0.1) is 5.92 Å². The Labute approximate surface area is 137 Å². The van der Waals surface area contributed by atoms with Crippen molar-refractivity contribution in [3.63, 3.8) is 0 Å². The first-order valence-corrected chi connectivity index (χ1v) is 7.53. The highest BCUT2D eigenvalue weighted by Gasteiger charge is 2.30. The molecular formula is C15H20N2O7. The highest BCUT2D eigenvalue weighted by molar-refractivity contribution is 5.83. The summed E-state index contributed by atoms with van der Waals surface area (Å²) in [5.74, 6) is -2.33. The number of hydrogen-bond donors (Lipinski definition) is 5. The Hall–Kier alpha value is -2.23. The highest BCUT2D eigenvalue weighted by Crippen LogP contribution is 2.31. The quantitative estimate of drug-likeness (QED) is 0.443. The molecule has 9 nitrogen and oxygen atoms in total. The van der Waals surface area contributed by atoms with E-state index in [-0.39, 0.29) is 5.56 Å². The minimum atomic E-state index is -2.27. The van der Waals surface area contributed by atoms with Crippen molar-refractivity contribution in [2.75, 3.05) is 13.1 Å². The Morgan fingerprint density at radius 2 is 1.75 bits per heavy atom. The zero-order valence-electron chi connectivity index (χ0n) is 12.8. The number of aliphatic hydroxyl groups excluding tert-OH is 2. The van der Waals surface area contributed by atoms with Crippen LogP contribution in [0.15, 0.2) is 23.0 Å². The summed E-state index contributed by atoms with van der Waals surface area (Å²) in [4.78, 5) is 31.2. The van der Waals surface area contributed by atoms with E-state index in [9.17, 15) is 14.4 Å². The number of hydrogen-bond acceptors (Lipinski definition) is 6. The maximum atomic E-state index is 11.6. The lowest BCUT2D eigenvalue weighted by Crippen LogP contribution is -2.44. The van der Waals surface area contributed by atoms with Crippen LogP contribution in [0.3, 0.4) is 0 Å². The average molecular weight is 340 g/mol. The van der Waals surface area contributed by atoms with Crippen LogP contribution in [0.5, 0.6) is 0 Å². The normalized spacial score (nSPS) is 23.9. The molecule has 0 amide bonds. The van der Waals surface area contributed by atoms with Gasteiger partial charge in [0.05, 0.1) is 0 Å². The molecule has 3 heterocycles. The molecule has 2 aliphatic rings. The van der Waals surface area contributed by atoms with E-state index in [0.29, 0.717) is 11.8 Å². The van der Waals surface area contributed by atoms with Crippen molar-refractivity contribution >= 4 is 11.9 Å². The van der Waals surface area contributed by atoms with Crippen molar-refractivity contribution in [2.45, 2.75) is 31.1 Å². The molecule has 1 aromatic rings. The second-order valence-electron chi connectivity index (χ2n) is 5.92. The van der Waals surface area contributed by atoms with Crippen molar-refractivity contribution in [1.29, 1.82) is 0 Å². The third-order valence-corrected chi connectivity index (χ3v) is 4.19. The van der Waals surface area contributed by atoms with Crippen LogP contribution in [0.1, 0.15) is 18.0 Å². The number of carboxylic acid groups (broad SMARTS) is 2. The van der Waals surface area contributed by atoms with Crippen LogP contribution in [0.4, 0.5) is 0 Å². The summed E-state index contributed by atoms with van der Waals surface area (Å²) in [7, 11) is 0. The molecule has 2 bridgehead atoms. The Morgan fingerprint density at radius 1 is 1.12 bits per heavy atom. The van der Waals surface area contributed by atoms with Gasteiger partial charge in [0.2, 0.25) is 0 Å². The van der Waals surface area contributed by atoms with Crippen LogP contribution < -0.4 is 10.9 Å². The number of carbonyl (C=O) groups is 2. The van der Waals surface area contributed by atoms with Gasteiger partial charge >= 0.3 is 11.9 Å². The number of nitrogens with one attached hydrogen (secondary N) is 1.